The highest BCUT2D eigenvalue weighted by Crippen LogP contribution is 2.41. The van der Waals surface area contributed by atoms with E-state index in [9.17, 15) is 4.79 Å². The van der Waals surface area contributed by atoms with Crippen molar-refractivity contribution < 1.29 is 4.79 Å². The molecule has 1 N–H and O–H groups in total. The Kier molecular flexibility index (Phi) is 3.93. The van der Waals surface area contributed by atoms with Gasteiger partial charge in [0.2, 0.25) is 5.95 Å². The Morgan fingerprint density at radius 2 is 1.93 bits per heavy atom. The van der Waals surface area contributed by atoms with Gasteiger partial charge in [-0.3, -0.25) is 4.79 Å². The summed E-state index contributed by atoms with van der Waals surface area (Å²) in [4.78, 5) is 17.5. The number of nitrogens with zero attached hydrogens (tertiary/aromatic N) is 3. The molecule has 0 radical (unpaired) electrons. The van der Waals surface area contributed by atoms with E-state index in [4.69, 9.17) is 10.1 Å². The normalized spacial score (nSPS) is 18.7. The minimum atomic E-state index is -0.258. The van der Waals surface area contributed by atoms with E-state index in [0.29, 0.717) is 18.2 Å². The Balaban J connectivity index is 1.70. The lowest BCUT2D eigenvalue weighted by atomic mass is 9.85. The zero-order valence-electron chi connectivity index (χ0n) is 14.5. The molecule has 0 amide bonds. The molecule has 1 aliphatic carbocycles. The second-order valence-corrected chi connectivity index (χ2v) is 7.74. The number of allylic oxidation sites excluding steroid dienone is 2. The van der Waals surface area contributed by atoms with Gasteiger partial charge in [-0.25, -0.2) is 4.68 Å². The van der Waals surface area contributed by atoms with Gasteiger partial charge in [0.05, 0.1) is 0 Å². The summed E-state index contributed by atoms with van der Waals surface area (Å²) in [5.74, 6) is 1.54. The van der Waals surface area contributed by atoms with Gasteiger partial charge in [0.25, 0.3) is 0 Å². The van der Waals surface area contributed by atoms with Crippen LogP contribution in [-0.4, -0.2) is 20.5 Å². The Labute approximate surface area is 165 Å². The lowest BCUT2D eigenvalue weighted by Gasteiger charge is -2.32. The first-order chi connectivity index (χ1) is 13.2. The Morgan fingerprint density at radius 3 is 2.74 bits per heavy atom. The predicted octanol–water partition coefficient (Wildman–Crippen LogP) is 4.73. The highest BCUT2D eigenvalue weighted by atomic mass is 79.9. The van der Waals surface area contributed by atoms with Gasteiger partial charge in [-0.15, -0.1) is 5.10 Å². The molecule has 0 unspecified atom stereocenters. The summed E-state index contributed by atoms with van der Waals surface area (Å²) in [6, 6.07) is 17.7. The van der Waals surface area contributed by atoms with Crippen LogP contribution in [0.2, 0.25) is 0 Å². The van der Waals surface area contributed by atoms with Gasteiger partial charge in [0.15, 0.2) is 11.6 Å². The predicted molar refractivity (Wildman–Crippen MR) is 107 cm³/mol. The largest absolute Gasteiger partial charge is 0.328 e. The molecule has 1 aliphatic heterocycles. The van der Waals surface area contributed by atoms with Crippen molar-refractivity contribution >= 4 is 27.7 Å². The molecule has 2 heterocycles. The Morgan fingerprint density at radius 1 is 1.07 bits per heavy atom. The van der Waals surface area contributed by atoms with E-state index in [1.54, 1.807) is 0 Å². The van der Waals surface area contributed by atoms with Crippen LogP contribution in [0.1, 0.15) is 30.9 Å². The monoisotopic (exact) mass is 420 g/mol. The molecule has 1 atom stereocenters. The molecule has 2 aromatic carbocycles. The SMILES string of the molecule is O=C1CCCC2=C1[C@@H](c1cccc(Br)c1)n1nc(-c3ccccc3)nc1N2. The number of aromatic nitrogens is 3. The van der Waals surface area contributed by atoms with Crippen LogP contribution in [0.5, 0.6) is 0 Å². The maximum absolute atomic E-state index is 12.8. The van der Waals surface area contributed by atoms with Gasteiger partial charge < -0.3 is 5.32 Å². The first kappa shape index (κ1) is 16.4. The number of hydrogen-bond acceptors (Lipinski definition) is 4. The number of carbonyl (C=O) groups is 1. The molecule has 1 aromatic heterocycles. The van der Waals surface area contributed by atoms with E-state index in [2.05, 4.69) is 27.3 Å². The molecule has 0 saturated carbocycles. The number of benzene rings is 2. The number of halogens is 1. The molecular weight excluding hydrogens is 404 g/mol. The van der Waals surface area contributed by atoms with Gasteiger partial charge >= 0.3 is 0 Å². The zero-order valence-corrected chi connectivity index (χ0v) is 16.1. The molecule has 134 valence electrons. The number of rotatable bonds is 2. The minimum absolute atomic E-state index is 0.191. The smallest absolute Gasteiger partial charge is 0.226 e. The summed E-state index contributed by atoms with van der Waals surface area (Å²) in [5, 5.41) is 8.15. The fourth-order valence-corrected chi connectivity index (χ4v) is 4.27. The van der Waals surface area contributed by atoms with Gasteiger partial charge in [-0.2, -0.15) is 4.98 Å². The number of hydrogen-bond donors (Lipinski definition) is 1. The van der Waals surface area contributed by atoms with Crippen molar-refractivity contribution in [1.29, 1.82) is 0 Å². The number of nitrogens with one attached hydrogen (secondary N) is 1. The second kappa shape index (κ2) is 6.46. The molecule has 0 fully saturated rings. The topological polar surface area (TPSA) is 59.8 Å². The van der Waals surface area contributed by atoms with Crippen LogP contribution in [0, 0.1) is 0 Å². The third kappa shape index (κ3) is 2.80. The van der Waals surface area contributed by atoms with E-state index in [-0.39, 0.29) is 11.8 Å². The average Bonchev–Trinajstić information content (AvgIpc) is 3.11. The van der Waals surface area contributed by atoms with Crippen molar-refractivity contribution in [3.8, 4) is 11.4 Å². The molecule has 0 saturated heterocycles. The van der Waals surface area contributed by atoms with Crippen LogP contribution in [0.4, 0.5) is 5.95 Å². The van der Waals surface area contributed by atoms with Crippen LogP contribution >= 0.6 is 15.9 Å². The lowest BCUT2D eigenvalue weighted by molar-refractivity contribution is -0.116. The molecular formula is C21H17BrN4O. The maximum Gasteiger partial charge on any atom is 0.226 e. The fraction of sp³-hybridized carbons (Fsp3) is 0.190. The van der Waals surface area contributed by atoms with Crippen LogP contribution in [0.25, 0.3) is 11.4 Å². The zero-order chi connectivity index (χ0) is 18.4. The van der Waals surface area contributed by atoms with E-state index >= 15 is 0 Å². The first-order valence-corrected chi connectivity index (χ1v) is 9.81. The molecule has 27 heavy (non-hydrogen) atoms. The fourth-order valence-electron chi connectivity index (χ4n) is 3.85. The summed E-state index contributed by atoms with van der Waals surface area (Å²) in [6.07, 6.45) is 2.31. The quantitative estimate of drug-likeness (QED) is 0.650. The minimum Gasteiger partial charge on any atom is -0.328 e. The van der Waals surface area contributed by atoms with E-state index in [1.165, 1.54) is 0 Å². The van der Waals surface area contributed by atoms with Crippen molar-refractivity contribution in [2.75, 3.05) is 5.32 Å². The maximum atomic E-state index is 12.8. The van der Waals surface area contributed by atoms with Crippen molar-refractivity contribution in [2.24, 2.45) is 0 Å². The summed E-state index contributed by atoms with van der Waals surface area (Å²) < 4.78 is 2.83. The van der Waals surface area contributed by atoms with Crippen LogP contribution in [0.15, 0.2) is 70.3 Å². The Bertz CT molecular complexity index is 1070. The highest BCUT2D eigenvalue weighted by Gasteiger charge is 2.36. The molecule has 5 nitrogen and oxygen atoms in total. The summed E-state index contributed by atoms with van der Waals surface area (Å²) in [5.41, 5.74) is 3.78. The van der Waals surface area contributed by atoms with Gasteiger partial charge in [0, 0.05) is 27.7 Å². The molecule has 0 spiro atoms. The molecule has 3 aromatic rings. The number of anilines is 1. The highest BCUT2D eigenvalue weighted by molar-refractivity contribution is 9.10. The van der Waals surface area contributed by atoms with Crippen molar-refractivity contribution in [3.05, 3.63) is 75.9 Å². The summed E-state index contributed by atoms with van der Waals surface area (Å²) in [6.45, 7) is 0. The number of carbonyl (C=O) groups excluding carboxylic acids is 1. The Hall–Kier alpha value is -2.73. The van der Waals surface area contributed by atoms with Crippen molar-refractivity contribution in [1.82, 2.24) is 14.8 Å². The number of ketones is 1. The first-order valence-electron chi connectivity index (χ1n) is 9.01. The second-order valence-electron chi connectivity index (χ2n) is 6.82. The average molecular weight is 421 g/mol. The third-order valence-corrected chi connectivity index (χ3v) is 5.56. The van der Waals surface area contributed by atoms with Gasteiger partial charge in [-0.05, 0) is 30.5 Å². The number of Topliss-reactive ketones (excluding diaryl/α,β-unsaturated/α-hetero) is 1. The lowest BCUT2D eigenvalue weighted by Crippen LogP contribution is -2.31. The van der Waals surface area contributed by atoms with Crippen LogP contribution < -0.4 is 5.32 Å². The van der Waals surface area contributed by atoms with Crippen molar-refractivity contribution in [2.45, 2.75) is 25.3 Å². The summed E-state index contributed by atoms with van der Waals surface area (Å²) >= 11 is 3.55. The van der Waals surface area contributed by atoms with Gasteiger partial charge in [0.1, 0.15) is 6.04 Å². The number of fused-ring (bicyclic) bond motifs is 1. The standard InChI is InChI=1S/C21H17BrN4O/c22-15-9-4-8-14(12-15)19-18-16(10-5-11-17(18)27)23-21-24-20(25-26(19)21)13-6-2-1-3-7-13/h1-4,6-9,12,19H,5,10-11H2,(H,23,24,25)/t19-/m1/s1. The molecule has 0 bridgehead atoms. The molecule has 5 rings (SSSR count). The molecule has 6 heteroatoms. The van der Waals surface area contributed by atoms with Crippen molar-refractivity contribution in [3.63, 3.8) is 0 Å². The van der Waals surface area contributed by atoms with Crippen LogP contribution in [-0.2, 0) is 4.79 Å². The summed E-state index contributed by atoms with van der Waals surface area (Å²) in [7, 11) is 0. The van der Waals surface area contributed by atoms with E-state index in [1.807, 2.05) is 53.2 Å². The van der Waals surface area contributed by atoms with E-state index in [0.717, 1.165) is 39.7 Å². The third-order valence-electron chi connectivity index (χ3n) is 5.06. The van der Waals surface area contributed by atoms with Crippen LogP contribution in [0.3, 0.4) is 0 Å². The van der Waals surface area contributed by atoms with Gasteiger partial charge in [-0.1, -0.05) is 58.4 Å². The van der Waals surface area contributed by atoms with E-state index < -0.39 is 0 Å². The molecule has 2 aliphatic rings.